The SMILES string of the molecule is O=C(N[C@H]1CC=CCC1)N1CCN(c2cc(C3CC3)[nH]n2)CC1. The van der Waals surface area contributed by atoms with Gasteiger partial charge in [-0.15, -0.1) is 0 Å². The highest BCUT2D eigenvalue weighted by atomic mass is 16.2. The molecular weight excluding hydrogens is 290 g/mol. The Hall–Kier alpha value is -1.98. The summed E-state index contributed by atoms with van der Waals surface area (Å²) in [6.07, 6.45) is 10.0. The molecule has 1 saturated carbocycles. The number of anilines is 1. The van der Waals surface area contributed by atoms with E-state index in [2.05, 4.69) is 38.6 Å². The number of hydrogen-bond acceptors (Lipinski definition) is 3. The number of aromatic amines is 1. The zero-order valence-corrected chi connectivity index (χ0v) is 13.5. The van der Waals surface area contributed by atoms with Crippen LogP contribution in [-0.4, -0.2) is 53.3 Å². The summed E-state index contributed by atoms with van der Waals surface area (Å²) >= 11 is 0. The minimum Gasteiger partial charge on any atom is -0.352 e. The maximum absolute atomic E-state index is 12.4. The first kappa shape index (κ1) is 14.6. The number of nitrogens with zero attached hydrogens (tertiary/aromatic N) is 3. The van der Waals surface area contributed by atoms with Crippen molar-refractivity contribution in [3.8, 4) is 0 Å². The number of allylic oxidation sites excluding steroid dienone is 1. The van der Waals surface area contributed by atoms with E-state index in [9.17, 15) is 4.79 Å². The Kier molecular flexibility index (Phi) is 3.97. The van der Waals surface area contributed by atoms with Crippen LogP contribution in [0.2, 0.25) is 0 Å². The van der Waals surface area contributed by atoms with Crippen molar-refractivity contribution in [2.75, 3.05) is 31.1 Å². The molecule has 3 aliphatic rings. The Labute approximate surface area is 136 Å². The van der Waals surface area contributed by atoms with Crippen molar-refractivity contribution in [3.63, 3.8) is 0 Å². The topological polar surface area (TPSA) is 64.3 Å². The van der Waals surface area contributed by atoms with Crippen molar-refractivity contribution in [1.82, 2.24) is 20.4 Å². The van der Waals surface area contributed by atoms with Crippen LogP contribution >= 0.6 is 0 Å². The Morgan fingerprint density at radius 3 is 2.70 bits per heavy atom. The summed E-state index contributed by atoms with van der Waals surface area (Å²) in [5, 5.41) is 10.8. The molecule has 6 heteroatoms. The van der Waals surface area contributed by atoms with Gasteiger partial charge in [0.05, 0.1) is 0 Å². The van der Waals surface area contributed by atoms with Crippen molar-refractivity contribution in [2.45, 2.75) is 44.1 Å². The van der Waals surface area contributed by atoms with Crippen molar-refractivity contribution < 1.29 is 4.79 Å². The van der Waals surface area contributed by atoms with Gasteiger partial charge in [0.15, 0.2) is 5.82 Å². The third-order valence-electron chi connectivity index (χ3n) is 5.09. The van der Waals surface area contributed by atoms with Crippen LogP contribution in [-0.2, 0) is 0 Å². The van der Waals surface area contributed by atoms with Gasteiger partial charge in [0, 0.05) is 49.9 Å². The van der Waals surface area contributed by atoms with E-state index in [1.807, 2.05) is 4.90 Å². The van der Waals surface area contributed by atoms with Crippen LogP contribution in [0.5, 0.6) is 0 Å². The molecule has 4 rings (SSSR count). The monoisotopic (exact) mass is 315 g/mol. The molecule has 0 unspecified atom stereocenters. The highest BCUT2D eigenvalue weighted by Crippen LogP contribution is 2.39. The molecule has 1 aliphatic heterocycles. The first-order valence-corrected chi connectivity index (χ1v) is 8.80. The molecule has 2 aliphatic carbocycles. The minimum absolute atomic E-state index is 0.0886. The summed E-state index contributed by atoms with van der Waals surface area (Å²) in [5.74, 6) is 1.73. The molecule has 2 fully saturated rings. The Morgan fingerprint density at radius 2 is 2.00 bits per heavy atom. The van der Waals surface area contributed by atoms with E-state index in [0.717, 1.165) is 51.3 Å². The molecule has 2 heterocycles. The van der Waals surface area contributed by atoms with E-state index in [1.54, 1.807) is 0 Å². The molecule has 1 atom stereocenters. The summed E-state index contributed by atoms with van der Waals surface area (Å²) in [6.45, 7) is 3.24. The fourth-order valence-electron chi connectivity index (χ4n) is 3.42. The summed E-state index contributed by atoms with van der Waals surface area (Å²) < 4.78 is 0. The van der Waals surface area contributed by atoms with Gasteiger partial charge in [-0.3, -0.25) is 5.10 Å². The maximum Gasteiger partial charge on any atom is 0.317 e. The summed E-state index contributed by atoms with van der Waals surface area (Å²) in [5.41, 5.74) is 1.27. The van der Waals surface area contributed by atoms with Crippen molar-refractivity contribution in [2.24, 2.45) is 0 Å². The van der Waals surface area contributed by atoms with Crippen molar-refractivity contribution in [3.05, 3.63) is 23.9 Å². The molecule has 1 aromatic heterocycles. The molecule has 2 amide bonds. The highest BCUT2D eigenvalue weighted by Gasteiger charge is 2.28. The van der Waals surface area contributed by atoms with E-state index in [4.69, 9.17) is 0 Å². The van der Waals surface area contributed by atoms with E-state index in [0.29, 0.717) is 12.0 Å². The zero-order chi connectivity index (χ0) is 15.6. The lowest BCUT2D eigenvalue weighted by Gasteiger charge is -2.35. The van der Waals surface area contributed by atoms with Crippen LogP contribution in [0.3, 0.4) is 0 Å². The third-order valence-corrected chi connectivity index (χ3v) is 5.09. The van der Waals surface area contributed by atoms with Gasteiger partial charge in [-0.05, 0) is 32.1 Å². The van der Waals surface area contributed by atoms with Gasteiger partial charge in [0.1, 0.15) is 0 Å². The van der Waals surface area contributed by atoms with E-state index >= 15 is 0 Å². The predicted octanol–water partition coefficient (Wildman–Crippen LogP) is 2.23. The van der Waals surface area contributed by atoms with Crippen LogP contribution in [0.25, 0.3) is 0 Å². The number of H-pyrrole nitrogens is 1. The van der Waals surface area contributed by atoms with Gasteiger partial charge in [-0.25, -0.2) is 4.79 Å². The van der Waals surface area contributed by atoms with Gasteiger partial charge in [0.2, 0.25) is 0 Å². The van der Waals surface area contributed by atoms with Crippen LogP contribution in [0, 0.1) is 0 Å². The highest BCUT2D eigenvalue weighted by molar-refractivity contribution is 5.75. The lowest BCUT2D eigenvalue weighted by molar-refractivity contribution is 0.189. The van der Waals surface area contributed by atoms with Gasteiger partial charge in [-0.1, -0.05) is 12.2 Å². The average molecular weight is 315 g/mol. The molecule has 1 saturated heterocycles. The number of aromatic nitrogens is 2. The molecule has 0 aromatic carbocycles. The molecule has 0 spiro atoms. The Balaban J connectivity index is 1.27. The van der Waals surface area contributed by atoms with Gasteiger partial charge >= 0.3 is 6.03 Å². The summed E-state index contributed by atoms with van der Waals surface area (Å²) in [4.78, 5) is 16.6. The lowest BCUT2D eigenvalue weighted by Crippen LogP contribution is -2.53. The molecule has 2 N–H and O–H groups in total. The second-order valence-electron chi connectivity index (χ2n) is 6.86. The van der Waals surface area contributed by atoms with Crippen molar-refractivity contribution >= 4 is 11.8 Å². The number of piperazine rings is 1. The van der Waals surface area contributed by atoms with Crippen molar-refractivity contribution in [1.29, 1.82) is 0 Å². The number of urea groups is 1. The third kappa shape index (κ3) is 3.35. The summed E-state index contributed by atoms with van der Waals surface area (Å²) in [7, 11) is 0. The van der Waals surface area contributed by atoms with Gasteiger partial charge in [0.25, 0.3) is 0 Å². The summed E-state index contributed by atoms with van der Waals surface area (Å²) in [6, 6.07) is 2.57. The molecule has 0 bridgehead atoms. The second kappa shape index (κ2) is 6.26. The van der Waals surface area contributed by atoms with Crippen LogP contribution in [0.1, 0.15) is 43.7 Å². The number of carbonyl (C=O) groups is 1. The largest absolute Gasteiger partial charge is 0.352 e. The molecule has 1 aromatic rings. The fourth-order valence-corrected chi connectivity index (χ4v) is 3.42. The number of rotatable bonds is 3. The zero-order valence-electron chi connectivity index (χ0n) is 13.5. The number of amides is 2. The number of nitrogens with one attached hydrogen (secondary N) is 2. The normalized spacial score (nSPS) is 24.8. The Bertz CT molecular complexity index is 584. The van der Waals surface area contributed by atoms with E-state index < -0.39 is 0 Å². The molecule has 23 heavy (non-hydrogen) atoms. The van der Waals surface area contributed by atoms with Crippen LogP contribution < -0.4 is 10.2 Å². The van der Waals surface area contributed by atoms with Crippen LogP contribution in [0.4, 0.5) is 10.6 Å². The fraction of sp³-hybridized carbons (Fsp3) is 0.647. The molecular formula is C17H25N5O. The average Bonchev–Trinajstić information content (AvgIpc) is 3.33. The molecule has 0 radical (unpaired) electrons. The minimum atomic E-state index is 0.0886. The number of carbonyl (C=O) groups excluding carboxylic acids is 1. The standard InChI is InChI=1S/C17H25N5O/c23-17(18-14-4-2-1-3-5-14)22-10-8-21(9-11-22)16-12-15(19-20-16)13-6-7-13/h1-2,12-14H,3-11H2,(H,18,23)(H,19,20)/t14-/m0/s1. The Morgan fingerprint density at radius 1 is 1.17 bits per heavy atom. The maximum atomic E-state index is 12.4. The second-order valence-corrected chi connectivity index (χ2v) is 6.86. The molecule has 6 nitrogen and oxygen atoms in total. The first-order valence-electron chi connectivity index (χ1n) is 8.80. The predicted molar refractivity (Wildman–Crippen MR) is 89.7 cm³/mol. The van der Waals surface area contributed by atoms with E-state index in [-0.39, 0.29) is 6.03 Å². The first-order chi connectivity index (χ1) is 11.3. The molecule has 124 valence electrons. The lowest BCUT2D eigenvalue weighted by atomic mass is 10.0. The smallest absolute Gasteiger partial charge is 0.317 e. The quantitative estimate of drug-likeness (QED) is 0.841. The van der Waals surface area contributed by atoms with Gasteiger partial charge < -0.3 is 15.1 Å². The van der Waals surface area contributed by atoms with E-state index in [1.165, 1.54) is 18.5 Å². The van der Waals surface area contributed by atoms with Crippen LogP contribution in [0.15, 0.2) is 18.2 Å². The number of hydrogen-bond donors (Lipinski definition) is 2. The van der Waals surface area contributed by atoms with Gasteiger partial charge in [-0.2, -0.15) is 5.10 Å².